The van der Waals surface area contributed by atoms with Crippen molar-refractivity contribution >= 4 is 21.6 Å². The summed E-state index contributed by atoms with van der Waals surface area (Å²) in [7, 11) is -3.56. The number of sulfonamides is 1. The molecule has 0 spiro atoms. The molecule has 0 unspecified atom stereocenters. The molecule has 5 nitrogen and oxygen atoms in total. The Kier molecular flexibility index (Phi) is 5.05. The lowest BCUT2D eigenvalue weighted by Gasteiger charge is -2.31. The van der Waals surface area contributed by atoms with E-state index in [1.165, 1.54) is 9.87 Å². The largest absolute Gasteiger partial charge is 0.336 e. The molecule has 3 rings (SSSR count). The van der Waals surface area contributed by atoms with E-state index < -0.39 is 10.0 Å². The Hall–Kier alpha value is -2.34. The third-order valence-electron chi connectivity index (χ3n) is 4.66. The van der Waals surface area contributed by atoms with Gasteiger partial charge in [0, 0.05) is 13.1 Å². The molecule has 1 aliphatic heterocycles. The number of benzene rings is 2. The molecule has 0 bridgehead atoms. The van der Waals surface area contributed by atoms with Crippen molar-refractivity contribution in [3.05, 3.63) is 64.7 Å². The first-order valence-corrected chi connectivity index (χ1v) is 10.5. The molecular weight excluding hydrogens is 348 g/mol. The minimum atomic E-state index is -3.56. The summed E-state index contributed by atoms with van der Waals surface area (Å²) in [6, 6.07) is 13.6. The zero-order valence-corrected chi connectivity index (χ0v) is 16.2. The van der Waals surface area contributed by atoms with Crippen LogP contribution in [-0.2, 0) is 27.8 Å². The lowest BCUT2D eigenvalue weighted by atomic mass is 10.00. The molecule has 1 heterocycles. The van der Waals surface area contributed by atoms with Gasteiger partial charge >= 0.3 is 0 Å². The minimum absolute atomic E-state index is 0.177. The first kappa shape index (κ1) is 18.5. The third-order valence-corrected chi connectivity index (χ3v) is 5.80. The number of nitrogens with zero attached hydrogens (tertiary/aromatic N) is 2. The van der Waals surface area contributed by atoms with Gasteiger partial charge in [0.15, 0.2) is 0 Å². The summed E-state index contributed by atoms with van der Waals surface area (Å²) in [5, 5.41) is 0. The minimum Gasteiger partial charge on any atom is -0.336 e. The summed E-state index contributed by atoms with van der Waals surface area (Å²) >= 11 is 0. The molecule has 0 fully saturated rings. The smallest absolute Gasteiger partial charge is 0.243 e. The normalized spacial score (nSPS) is 14.0. The number of aryl methyl sites for hydroxylation is 2. The van der Waals surface area contributed by atoms with Gasteiger partial charge in [-0.05, 0) is 54.7 Å². The summed E-state index contributed by atoms with van der Waals surface area (Å²) in [6.07, 6.45) is 1.94. The fraction of sp³-hybridized carbons (Fsp3) is 0.350. The van der Waals surface area contributed by atoms with Crippen LogP contribution in [0.1, 0.15) is 22.3 Å². The number of carbonyl (C=O) groups is 1. The molecule has 2 aromatic rings. The van der Waals surface area contributed by atoms with Gasteiger partial charge in [0.1, 0.15) is 6.54 Å². The molecular formula is C20H24N2O3S. The van der Waals surface area contributed by atoms with Gasteiger partial charge in [0.25, 0.3) is 0 Å². The molecule has 0 aromatic heterocycles. The van der Waals surface area contributed by atoms with Gasteiger partial charge in [-0.2, -0.15) is 0 Å². The van der Waals surface area contributed by atoms with Gasteiger partial charge in [0.05, 0.1) is 11.9 Å². The van der Waals surface area contributed by atoms with Crippen molar-refractivity contribution < 1.29 is 13.2 Å². The van der Waals surface area contributed by atoms with Crippen molar-refractivity contribution in [3.63, 3.8) is 0 Å². The Morgan fingerprint density at radius 3 is 2.31 bits per heavy atom. The summed E-state index contributed by atoms with van der Waals surface area (Å²) in [5.74, 6) is -0.177. The predicted octanol–water partition coefficient (Wildman–Crippen LogP) is 2.65. The Labute approximate surface area is 155 Å². The van der Waals surface area contributed by atoms with E-state index in [1.54, 1.807) is 17.0 Å². The fourth-order valence-electron chi connectivity index (χ4n) is 3.43. The molecule has 6 heteroatoms. The van der Waals surface area contributed by atoms with E-state index in [9.17, 15) is 13.2 Å². The molecule has 0 N–H and O–H groups in total. The summed E-state index contributed by atoms with van der Waals surface area (Å²) in [5.41, 5.74) is 4.85. The predicted molar refractivity (Wildman–Crippen MR) is 104 cm³/mol. The highest BCUT2D eigenvalue weighted by Gasteiger charge is 2.26. The van der Waals surface area contributed by atoms with Crippen LogP contribution in [-0.4, -0.2) is 38.6 Å². The Bertz CT molecular complexity index is 918. The zero-order valence-electron chi connectivity index (χ0n) is 15.4. The van der Waals surface area contributed by atoms with Gasteiger partial charge in [-0.15, -0.1) is 0 Å². The van der Waals surface area contributed by atoms with E-state index in [4.69, 9.17) is 0 Å². The van der Waals surface area contributed by atoms with Crippen LogP contribution in [0.25, 0.3) is 0 Å². The second-order valence-electron chi connectivity index (χ2n) is 6.95. The topological polar surface area (TPSA) is 57.7 Å². The van der Waals surface area contributed by atoms with Gasteiger partial charge < -0.3 is 4.90 Å². The standard InChI is InChI=1S/C20H24N2O3S/c1-15-10-16(2)12-19(11-15)22(26(3,24)25)14-20(23)21-9-8-17-6-4-5-7-18(17)13-21/h4-7,10-12H,8-9,13-14H2,1-3H3. The first-order chi connectivity index (χ1) is 12.2. The number of hydrogen-bond acceptors (Lipinski definition) is 3. The van der Waals surface area contributed by atoms with Crippen molar-refractivity contribution in [2.45, 2.75) is 26.8 Å². The average Bonchev–Trinajstić information content (AvgIpc) is 2.57. The van der Waals surface area contributed by atoms with Crippen LogP contribution in [0, 0.1) is 13.8 Å². The lowest BCUT2D eigenvalue weighted by Crippen LogP contribution is -2.44. The highest BCUT2D eigenvalue weighted by atomic mass is 32.2. The monoisotopic (exact) mass is 372 g/mol. The quantitative estimate of drug-likeness (QED) is 0.829. The molecule has 1 amide bonds. The Morgan fingerprint density at radius 1 is 1.08 bits per heavy atom. The maximum Gasteiger partial charge on any atom is 0.243 e. The van der Waals surface area contributed by atoms with Crippen LogP contribution in [0.2, 0.25) is 0 Å². The third kappa shape index (κ3) is 4.07. The highest BCUT2D eigenvalue weighted by Crippen LogP contribution is 2.23. The first-order valence-electron chi connectivity index (χ1n) is 8.64. The summed E-state index contributed by atoms with van der Waals surface area (Å²) < 4.78 is 25.9. The molecule has 0 saturated carbocycles. The lowest BCUT2D eigenvalue weighted by molar-refractivity contribution is -0.130. The summed E-state index contributed by atoms with van der Waals surface area (Å²) in [6.45, 7) is 4.80. The van der Waals surface area contributed by atoms with E-state index in [0.717, 1.165) is 29.4 Å². The number of amides is 1. The van der Waals surface area contributed by atoms with Gasteiger partial charge in [-0.1, -0.05) is 30.3 Å². The van der Waals surface area contributed by atoms with Crippen LogP contribution >= 0.6 is 0 Å². The number of anilines is 1. The van der Waals surface area contributed by atoms with E-state index >= 15 is 0 Å². The van der Waals surface area contributed by atoms with Crippen molar-refractivity contribution in [2.75, 3.05) is 23.7 Å². The van der Waals surface area contributed by atoms with Gasteiger partial charge in [0.2, 0.25) is 15.9 Å². The molecule has 2 aromatic carbocycles. The van der Waals surface area contributed by atoms with Crippen LogP contribution in [0.15, 0.2) is 42.5 Å². The van der Waals surface area contributed by atoms with Crippen molar-refractivity contribution in [1.29, 1.82) is 0 Å². The van der Waals surface area contributed by atoms with Crippen molar-refractivity contribution in [3.8, 4) is 0 Å². The number of carbonyl (C=O) groups excluding carboxylic acids is 1. The second-order valence-corrected chi connectivity index (χ2v) is 8.86. The van der Waals surface area contributed by atoms with Crippen LogP contribution in [0.3, 0.4) is 0 Å². The maximum atomic E-state index is 12.8. The molecule has 0 saturated heterocycles. The van der Waals surface area contributed by atoms with E-state index in [0.29, 0.717) is 18.8 Å². The molecule has 0 radical (unpaired) electrons. The SMILES string of the molecule is Cc1cc(C)cc(N(CC(=O)N2CCc3ccccc3C2)S(C)(=O)=O)c1. The van der Waals surface area contributed by atoms with Crippen LogP contribution in [0.5, 0.6) is 0 Å². The van der Waals surface area contributed by atoms with Gasteiger partial charge in [-0.3, -0.25) is 9.10 Å². The molecule has 138 valence electrons. The Balaban J connectivity index is 1.83. The van der Waals surface area contributed by atoms with Crippen LogP contribution in [0.4, 0.5) is 5.69 Å². The number of rotatable bonds is 4. The van der Waals surface area contributed by atoms with Gasteiger partial charge in [-0.25, -0.2) is 8.42 Å². The van der Waals surface area contributed by atoms with E-state index in [-0.39, 0.29) is 12.5 Å². The van der Waals surface area contributed by atoms with Crippen molar-refractivity contribution in [1.82, 2.24) is 4.90 Å². The zero-order chi connectivity index (χ0) is 18.9. The van der Waals surface area contributed by atoms with E-state index in [1.807, 2.05) is 38.1 Å². The number of hydrogen-bond donors (Lipinski definition) is 0. The molecule has 26 heavy (non-hydrogen) atoms. The maximum absolute atomic E-state index is 12.8. The van der Waals surface area contributed by atoms with E-state index in [2.05, 4.69) is 6.07 Å². The molecule has 1 aliphatic rings. The molecule has 0 atom stereocenters. The van der Waals surface area contributed by atoms with Crippen molar-refractivity contribution in [2.24, 2.45) is 0 Å². The Morgan fingerprint density at radius 2 is 1.69 bits per heavy atom. The highest BCUT2D eigenvalue weighted by molar-refractivity contribution is 7.92. The number of fused-ring (bicyclic) bond motifs is 1. The average molecular weight is 372 g/mol. The van der Waals surface area contributed by atoms with Crippen LogP contribution < -0.4 is 4.31 Å². The fourth-order valence-corrected chi connectivity index (χ4v) is 4.26. The summed E-state index contributed by atoms with van der Waals surface area (Å²) in [4.78, 5) is 14.6. The second kappa shape index (κ2) is 7.11. The molecule has 0 aliphatic carbocycles.